The number of aromatic amines is 1. The molecule has 1 unspecified atom stereocenters. The van der Waals surface area contributed by atoms with Crippen LogP contribution < -0.4 is 11.1 Å². The van der Waals surface area contributed by atoms with Gasteiger partial charge in [-0.2, -0.15) is 0 Å². The number of nitrogens with zero attached hydrogens (tertiary/aromatic N) is 1. The van der Waals surface area contributed by atoms with Crippen LogP contribution in [0.25, 0.3) is 0 Å². The number of halogens is 1. The Morgan fingerprint density at radius 1 is 1.40 bits per heavy atom. The molecule has 0 bridgehead atoms. The van der Waals surface area contributed by atoms with Gasteiger partial charge in [0.2, 0.25) is 0 Å². The van der Waals surface area contributed by atoms with Gasteiger partial charge in [0.25, 0.3) is 0 Å². The van der Waals surface area contributed by atoms with E-state index in [0.717, 1.165) is 24.9 Å². The van der Waals surface area contributed by atoms with Crippen LogP contribution in [0.3, 0.4) is 0 Å². The lowest BCUT2D eigenvalue weighted by Crippen LogP contribution is -2.20. The van der Waals surface area contributed by atoms with Gasteiger partial charge in [-0.1, -0.05) is 6.07 Å². The number of fused-ring (bicyclic) bond motifs is 1. The van der Waals surface area contributed by atoms with Crippen LogP contribution in [-0.4, -0.2) is 16.0 Å². The molecule has 2 aromatic rings. The van der Waals surface area contributed by atoms with Gasteiger partial charge < -0.3 is 16.0 Å². The van der Waals surface area contributed by atoms with E-state index in [1.807, 2.05) is 18.3 Å². The number of carbonyl (C=O) groups excluding carboxylic acids is 1. The van der Waals surface area contributed by atoms with E-state index in [2.05, 4.69) is 21.4 Å². The number of H-pyrrole nitrogens is 1. The first-order chi connectivity index (χ1) is 9.22. The predicted molar refractivity (Wildman–Crippen MR) is 80.2 cm³/mol. The Labute approximate surface area is 123 Å². The number of amides is 2. The van der Waals surface area contributed by atoms with Gasteiger partial charge in [0.15, 0.2) is 0 Å². The number of aryl methyl sites for hydroxylation is 1. The fourth-order valence-electron chi connectivity index (χ4n) is 2.73. The van der Waals surface area contributed by atoms with Crippen LogP contribution in [0.5, 0.6) is 0 Å². The summed E-state index contributed by atoms with van der Waals surface area (Å²) in [6.45, 7) is 0. The van der Waals surface area contributed by atoms with E-state index in [4.69, 9.17) is 5.73 Å². The Balaban J connectivity index is 0.00000147. The van der Waals surface area contributed by atoms with Crippen LogP contribution in [0.2, 0.25) is 0 Å². The summed E-state index contributed by atoms with van der Waals surface area (Å²) in [5.41, 5.74) is 9.71. The zero-order chi connectivity index (χ0) is 13.2. The first-order valence-corrected chi connectivity index (χ1v) is 6.39. The van der Waals surface area contributed by atoms with E-state index in [0.29, 0.717) is 5.92 Å². The summed E-state index contributed by atoms with van der Waals surface area (Å²) in [6.07, 6.45) is 6.75. The number of primary amides is 1. The number of carbonyl (C=O) groups is 1. The van der Waals surface area contributed by atoms with Crippen molar-refractivity contribution in [2.45, 2.75) is 25.2 Å². The Morgan fingerprint density at radius 2 is 2.25 bits per heavy atom. The van der Waals surface area contributed by atoms with Crippen molar-refractivity contribution in [3.63, 3.8) is 0 Å². The third kappa shape index (κ3) is 2.93. The monoisotopic (exact) mass is 292 g/mol. The topological polar surface area (TPSA) is 83.8 Å². The first-order valence-electron chi connectivity index (χ1n) is 6.39. The molecule has 5 nitrogen and oxygen atoms in total. The van der Waals surface area contributed by atoms with Crippen LogP contribution in [0.15, 0.2) is 30.7 Å². The molecule has 106 valence electrons. The smallest absolute Gasteiger partial charge is 0.316 e. The fraction of sp³-hybridized carbons (Fsp3) is 0.286. The zero-order valence-corrected chi connectivity index (χ0v) is 11.7. The molecule has 6 heteroatoms. The van der Waals surface area contributed by atoms with Crippen molar-refractivity contribution < 1.29 is 4.79 Å². The van der Waals surface area contributed by atoms with Gasteiger partial charge >= 0.3 is 6.03 Å². The Hall–Kier alpha value is -2.01. The van der Waals surface area contributed by atoms with Crippen molar-refractivity contribution in [2.75, 3.05) is 5.32 Å². The van der Waals surface area contributed by atoms with Crippen LogP contribution in [-0.2, 0) is 12.8 Å². The Bertz CT molecular complexity index is 597. The van der Waals surface area contributed by atoms with E-state index in [1.165, 1.54) is 16.8 Å². The van der Waals surface area contributed by atoms with Gasteiger partial charge in [-0.05, 0) is 42.5 Å². The minimum Gasteiger partial charge on any atom is -0.351 e. The summed E-state index contributed by atoms with van der Waals surface area (Å²) >= 11 is 0. The average molecular weight is 293 g/mol. The Morgan fingerprint density at radius 3 is 2.95 bits per heavy atom. The molecular weight excluding hydrogens is 276 g/mol. The van der Waals surface area contributed by atoms with E-state index >= 15 is 0 Å². The van der Waals surface area contributed by atoms with Gasteiger partial charge in [0, 0.05) is 23.5 Å². The number of hydrogen-bond acceptors (Lipinski definition) is 2. The zero-order valence-electron chi connectivity index (χ0n) is 10.9. The quantitative estimate of drug-likeness (QED) is 0.795. The largest absolute Gasteiger partial charge is 0.351 e. The molecule has 0 saturated carbocycles. The average Bonchev–Trinajstić information content (AvgIpc) is 2.91. The van der Waals surface area contributed by atoms with Crippen LogP contribution in [0, 0.1) is 0 Å². The molecule has 1 aliphatic rings. The van der Waals surface area contributed by atoms with Gasteiger partial charge in [-0.15, -0.1) is 12.4 Å². The second-order valence-electron chi connectivity index (χ2n) is 4.92. The van der Waals surface area contributed by atoms with Crippen molar-refractivity contribution in [1.29, 1.82) is 0 Å². The molecule has 0 aliphatic heterocycles. The second-order valence-corrected chi connectivity index (χ2v) is 4.92. The van der Waals surface area contributed by atoms with Crippen molar-refractivity contribution in [3.8, 4) is 0 Å². The number of anilines is 1. The Kier molecular flexibility index (Phi) is 4.29. The van der Waals surface area contributed by atoms with Gasteiger partial charge in [-0.25, -0.2) is 9.78 Å². The van der Waals surface area contributed by atoms with Gasteiger partial charge in [0.1, 0.15) is 0 Å². The van der Waals surface area contributed by atoms with Gasteiger partial charge in [-0.3, -0.25) is 0 Å². The normalized spacial score (nSPS) is 16.9. The van der Waals surface area contributed by atoms with Crippen molar-refractivity contribution in [3.05, 3.63) is 47.5 Å². The number of urea groups is 1. The predicted octanol–water partition coefficient (Wildman–Crippen LogP) is 2.59. The van der Waals surface area contributed by atoms with Crippen molar-refractivity contribution >= 4 is 24.1 Å². The molecule has 1 aromatic carbocycles. The number of benzene rings is 1. The molecule has 0 spiro atoms. The highest BCUT2D eigenvalue weighted by Crippen LogP contribution is 2.32. The third-order valence-electron chi connectivity index (χ3n) is 3.66. The van der Waals surface area contributed by atoms with E-state index in [-0.39, 0.29) is 12.4 Å². The lowest BCUT2D eigenvalue weighted by Gasteiger charge is -2.24. The van der Waals surface area contributed by atoms with E-state index < -0.39 is 6.03 Å². The summed E-state index contributed by atoms with van der Waals surface area (Å²) in [5.74, 6) is 0.471. The van der Waals surface area contributed by atoms with Gasteiger partial charge in [0.05, 0.1) is 6.33 Å². The highest BCUT2D eigenvalue weighted by Gasteiger charge is 2.21. The first kappa shape index (κ1) is 14.4. The highest BCUT2D eigenvalue weighted by molar-refractivity contribution is 5.87. The molecule has 0 radical (unpaired) electrons. The molecule has 1 aromatic heterocycles. The molecule has 1 atom stereocenters. The van der Waals surface area contributed by atoms with Crippen molar-refractivity contribution in [2.24, 2.45) is 5.73 Å². The maximum atomic E-state index is 10.9. The minimum absolute atomic E-state index is 0. The highest BCUT2D eigenvalue weighted by atomic mass is 35.5. The molecule has 1 heterocycles. The van der Waals surface area contributed by atoms with Crippen LogP contribution in [0.4, 0.5) is 10.5 Å². The summed E-state index contributed by atoms with van der Waals surface area (Å²) in [5, 5.41) is 2.62. The van der Waals surface area contributed by atoms with E-state index in [1.54, 1.807) is 6.33 Å². The minimum atomic E-state index is -0.527. The SMILES string of the molecule is Cl.NC(=O)Nc1ccc2c(c1)CC(c1cnc[nH]1)CC2. The number of nitrogens with two attached hydrogens (primary N) is 1. The molecular formula is C14H17ClN4O. The maximum absolute atomic E-state index is 10.9. The second kappa shape index (κ2) is 5.96. The summed E-state index contributed by atoms with van der Waals surface area (Å²) < 4.78 is 0. The summed E-state index contributed by atoms with van der Waals surface area (Å²) in [4.78, 5) is 18.2. The standard InChI is InChI=1S/C14H16N4O.ClH/c15-14(19)18-12-4-3-9-1-2-10(5-11(9)6-12)13-7-16-8-17-13;/h3-4,6-8,10H,1-2,5H2,(H,16,17)(H3,15,18,19);1H. The molecule has 0 fully saturated rings. The van der Waals surface area contributed by atoms with E-state index in [9.17, 15) is 4.79 Å². The van der Waals surface area contributed by atoms with Crippen LogP contribution >= 0.6 is 12.4 Å². The molecule has 0 saturated heterocycles. The van der Waals surface area contributed by atoms with Crippen molar-refractivity contribution in [1.82, 2.24) is 9.97 Å². The molecule has 20 heavy (non-hydrogen) atoms. The lowest BCUT2D eigenvalue weighted by molar-refractivity contribution is 0.259. The maximum Gasteiger partial charge on any atom is 0.316 e. The number of aromatic nitrogens is 2. The number of hydrogen-bond donors (Lipinski definition) is 3. The number of rotatable bonds is 2. The van der Waals surface area contributed by atoms with Crippen LogP contribution in [0.1, 0.15) is 29.2 Å². The number of nitrogens with one attached hydrogen (secondary N) is 2. The molecule has 3 rings (SSSR count). The third-order valence-corrected chi connectivity index (χ3v) is 3.66. The molecule has 1 aliphatic carbocycles. The summed E-state index contributed by atoms with van der Waals surface area (Å²) in [7, 11) is 0. The number of imidazole rings is 1. The molecule has 2 amide bonds. The summed E-state index contributed by atoms with van der Waals surface area (Å²) in [6, 6.07) is 5.47. The lowest BCUT2D eigenvalue weighted by atomic mass is 9.82. The fourth-order valence-corrected chi connectivity index (χ4v) is 2.73. The molecule has 4 N–H and O–H groups in total.